The quantitative estimate of drug-likeness (QED) is 0.724. The minimum atomic E-state index is -0.309. The Hall–Kier alpha value is -0.770. The predicted octanol–water partition coefficient (Wildman–Crippen LogP) is 0.621. The summed E-state index contributed by atoms with van der Waals surface area (Å²) in [6.45, 7) is 0.786. The van der Waals surface area contributed by atoms with E-state index >= 15 is 0 Å². The molecule has 1 aliphatic rings. The smallest absolute Gasteiger partial charge is 0.244 e. The molecule has 1 aliphatic heterocycles. The first-order chi connectivity index (χ1) is 5.75. The van der Waals surface area contributed by atoms with Gasteiger partial charge in [0.15, 0.2) is 0 Å². The molecule has 0 saturated heterocycles. The van der Waals surface area contributed by atoms with Crippen molar-refractivity contribution in [1.82, 2.24) is 4.90 Å². The molecular formula is C8H11BrN2O. The Balaban J connectivity index is 2.64. The van der Waals surface area contributed by atoms with E-state index in [1.807, 2.05) is 23.3 Å². The first-order valence-electron chi connectivity index (χ1n) is 3.71. The minimum absolute atomic E-state index is 0.285. The van der Waals surface area contributed by atoms with Crippen molar-refractivity contribution in [3.8, 4) is 0 Å². The molecule has 0 bridgehead atoms. The zero-order valence-corrected chi connectivity index (χ0v) is 8.20. The van der Waals surface area contributed by atoms with Crippen LogP contribution in [0.25, 0.3) is 0 Å². The summed E-state index contributed by atoms with van der Waals surface area (Å²) in [6, 6.07) is -0.285. The van der Waals surface area contributed by atoms with Gasteiger partial charge in [-0.2, -0.15) is 0 Å². The van der Waals surface area contributed by atoms with Gasteiger partial charge in [-0.15, -0.1) is 0 Å². The molecule has 0 aromatic rings. The maximum Gasteiger partial charge on any atom is 0.244 e. The average Bonchev–Trinajstić information content (AvgIpc) is 2.05. The van der Waals surface area contributed by atoms with Crippen molar-refractivity contribution in [3.05, 3.63) is 24.4 Å². The number of primary amides is 1. The second-order valence-corrected chi connectivity index (χ2v) is 3.29. The SMILES string of the molecule is NC(=O)C1C=CC=CN1CCBr. The molecule has 1 unspecified atom stereocenters. The molecule has 2 N–H and O–H groups in total. The maximum atomic E-state index is 10.9. The van der Waals surface area contributed by atoms with Crippen LogP contribution in [0.4, 0.5) is 0 Å². The van der Waals surface area contributed by atoms with E-state index in [4.69, 9.17) is 5.73 Å². The van der Waals surface area contributed by atoms with E-state index < -0.39 is 0 Å². The van der Waals surface area contributed by atoms with Gasteiger partial charge in [0.1, 0.15) is 6.04 Å². The van der Waals surface area contributed by atoms with Crippen molar-refractivity contribution < 1.29 is 4.79 Å². The molecule has 0 spiro atoms. The van der Waals surface area contributed by atoms with Crippen LogP contribution in [0.15, 0.2) is 24.4 Å². The van der Waals surface area contributed by atoms with Crippen molar-refractivity contribution in [2.75, 3.05) is 11.9 Å². The lowest BCUT2D eigenvalue weighted by Crippen LogP contribution is -2.42. The van der Waals surface area contributed by atoms with E-state index in [9.17, 15) is 4.79 Å². The molecule has 1 rings (SSSR count). The molecule has 3 nitrogen and oxygen atoms in total. The summed E-state index contributed by atoms with van der Waals surface area (Å²) in [7, 11) is 0. The Morgan fingerprint density at radius 2 is 2.33 bits per heavy atom. The monoisotopic (exact) mass is 230 g/mol. The minimum Gasteiger partial charge on any atom is -0.368 e. The number of rotatable bonds is 3. The zero-order chi connectivity index (χ0) is 8.97. The van der Waals surface area contributed by atoms with E-state index in [1.54, 1.807) is 6.08 Å². The number of carbonyl (C=O) groups is 1. The summed E-state index contributed by atoms with van der Waals surface area (Å²) in [6.07, 6.45) is 7.39. The van der Waals surface area contributed by atoms with Gasteiger partial charge in [0.25, 0.3) is 0 Å². The summed E-state index contributed by atoms with van der Waals surface area (Å²) >= 11 is 3.31. The van der Waals surface area contributed by atoms with Gasteiger partial charge >= 0.3 is 0 Å². The van der Waals surface area contributed by atoms with Gasteiger partial charge in [-0.3, -0.25) is 4.79 Å². The predicted molar refractivity (Wildman–Crippen MR) is 51.8 cm³/mol. The first kappa shape index (κ1) is 9.32. The highest BCUT2D eigenvalue weighted by Gasteiger charge is 2.18. The van der Waals surface area contributed by atoms with Crippen molar-refractivity contribution >= 4 is 21.8 Å². The number of nitrogens with zero attached hydrogens (tertiary/aromatic N) is 1. The Morgan fingerprint density at radius 1 is 1.58 bits per heavy atom. The molecule has 1 amide bonds. The topological polar surface area (TPSA) is 46.3 Å². The van der Waals surface area contributed by atoms with Crippen molar-refractivity contribution in [2.45, 2.75) is 6.04 Å². The van der Waals surface area contributed by atoms with Crippen LogP contribution in [0.2, 0.25) is 0 Å². The fraction of sp³-hybridized carbons (Fsp3) is 0.375. The lowest BCUT2D eigenvalue weighted by molar-refractivity contribution is -0.120. The third kappa shape index (κ3) is 2.11. The molecule has 66 valence electrons. The molecule has 0 aromatic carbocycles. The number of hydrogen-bond donors (Lipinski definition) is 1. The molecule has 0 radical (unpaired) electrons. The Kier molecular flexibility index (Phi) is 3.34. The van der Waals surface area contributed by atoms with Crippen molar-refractivity contribution in [3.63, 3.8) is 0 Å². The van der Waals surface area contributed by atoms with Crippen molar-refractivity contribution in [1.29, 1.82) is 0 Å². The highest BCUT2D eigenvalue weighted by molar-refractivity contribution is 9.09. The molecule has 1 heterocycles. The van der Waals surface area contributed by atoms with Crippen LogP contribution in [0, 0.1) is 0 Å². The van der Waals surface area contributed by atoms with Crippen LogP contribution < -0.4 is 5.73 Å². The van der Waals surface area contributed by atoms with E-state index in [0.29, 0.717) is 0 Å². The molecule has 1 atom stereocenters. The highest BCUT2D eigenvalue weighted by atomic mass is 79.9. The number of nitrogens with two attached hydrogens (primary N) is 1. The van der Waals surface area contributed by atoms with Gasteiger partial charge in [-0.05, 0) is 6.08 Å². The number of halogens is 1. The molecule has 0 saturated carbocycles. The summed E-state index contributed by atoms with van der Waals surface area (Å²) in [5.74, 6) is -0.309. The van der Waals surface area contributed by atoms with E-state index in [-0.39, 0.29) is 11.9 Å². The highest BCUT2D eigenvalue weighted by Crippen LogP contribution is 2.07. The third-order valence-corrected chi connectivity index (χ3v) is 2.03. The lowest BCUT2D eigenvalue weighted by Gasteiger charge is -2.26. The number of alkyl halides is 1. The van der Waals surface area contributed by atoms with Gasteiger partial charge in [0, 0.05) is 18.1 Å². The Bertz CT molecular complexity index is 225. The van der Waals surface area contributed by atoms with Gasteiger partial charge in [-0.25, -0.2) is 0 Å². The number of allylic oxidation sites excluding steroid dienone is 2. The first-order valence-corrected chi connectivity index (χ1v) is 4.84. The Labute approximate surface area is 80.0 Å². The zero-order valence-electron chi connectivity index (χ0n) is 6.61. The Morgan fingerprint density at radius 3 is 2.92 bits per heavy atom. The van der Waals surface area contributed by atoms with Crippen LogP contribution in [0.1, 0.15) is 0 Å². The fourth-order valence-electron chi connectivity index (χ4n) is 1.10. The van der Waals surface area contributed by atoms with Gasteiger partial charge in [-0.1, -0.05) is 28.1 Å². The van der Waals surface area contributed by atoms with Gasteiger partial charge in [0.05, 0.1) is 0 Å². The number of carbonyl (C=O) groups excluding carboxylic acids is 1. The largest absolute Gasteiger partial charge is 0.368 e. The van der Waals surface area contributed by atoms with Gasteiger partial charge < -0.3 is 10.6 Å². The lowest BCUT2D eigenvalue weighted by atomic mass is 10.2. The molecule has 4 heteroatoms. The normalized spacial score (nSPS) is 21.4. The summed E-state index contributed by atoms with van der Waals surface area (Å²) in [5.41, 5.74) is 5.21. The number of amides is 1. The summed E-state index contributed by atoms with van der Waals surface area (Å²) in [4.78, 5) is 12.8. The molecule has 0 fully saturated rings. The number of hydrogen-bond acceptors (Lipinski definition) is 2. The molecule has 12 heavy (non-hydrogen) atoms. The third-order valence-electron chi connectivity index (χ3n) is 1.67. The average molecular weight is 231 g/mol. The van der Waals surface area contributed by atoms with Gasteiger partial charge in [0.2, 0.25) is 5.91 Å². The van der Waals surface area contributed by atoms with Crippen LogP contribution in [-0.4, -0.2) is 28.7 Å². The van der Waals surface area contributed by atoms with Crippen molar-refractivity contribution in [2.24, 2.45) is 5.73 Å². The summed E-state index contributed by atoms with van der Waals surface area (Å²) in [5, 5.41) is 0.828. The molecule has 0 aromatic heterocycles. The second kappa shape index (κ2) is 4.30. The van der Waals surface area contributed by atoms with Crippen LogP contribution >= 0.6 is 15.9 Å². The van der Waals surface area contributed by atoms with Crippen LogP contribution in [0.3, 0.4) is 0 Å². The maximum absolute atomic E-state index is 10.9. The van der Waals surface area contributed by atoms with E-state index in [0.717, 1.165) is 11.9 Å². The second-order valence-electron chi connectivity index (χ2n) is 2.50. The molecular weight excluding hydrogens is 220 g/mol. The summed E-state index contributed by atoms with van der Waals surface area (Å²) < 4.78 is 0. The standard InChI is InChI=1S/C8H11BrN2O/c9-4-6-11-5-2-1-3-7(11)8(10)12/h1-3,5,7H,4,6H2,(H2,10,12). The fourth-order valence-corrected chi connectivity index (χ4v) is 1.51. The van der Waals surface area contributed by atoms with Crippen LogP contribution in [0.5, 0.6) is 0 Å². The van der Waals surface area contributed by atoms with E-state index in [1.165, 1.54) is 0 Å². The molecule has 0 aliphatic carbocycles. The van der Waals surface area contributed by atoms with E-state index in [2.05, 4.69) is 15.9 Å². The van der Waals surface area contributed by atoms with Crippen LogP contribution in [-0.2, 0) is 4.79 Å².